The van der Waals surface area contributed by atoms with Crippen LogP contribution in [0.5, 0.6) is 5.75 Å². The van der Waals surface area contributed by atoms with Gasteiger partial charge in [-0.2, -0.15) is 0 Å². The molecule has 1 unspecified atom stereocenters. The van der Waals surface area contributed by atoms with Crippen LogP contribution in [0.1, 0.15) is 35.3 Å². The third kappa shape index (κ3) is 4.83. The van der Waals surface area contributed by atoms with E-state index in [1.165, 1.54) is 12.8 Å². The molecule has 1 saturated heterocycles. The molecule has 3 rings (SSSR count). The van der Waals surface area contributed by atoms with Gasteiger partial charge in [0.1, 0.15) is 5.75 Å². The van der Waals surface area contributed by atoms with Crippen molar-refractivity contribution in [1.82, 2.24) is 15.6 Å². The van der Waals surface area contributed by atoms with Crippen LogP contribution in [-0.4, -0.2) is 37.6 Å². The van der Waals surface area contributed by atoms with E-state index in [9.17, 15) is 4.79 Å². The van der Waals surface area contributed by atoms with Gasteiger partial charge in [0.25, 0.3) is 5.91 Å². The topological polar surface area (TPSA) is 63.2 Å². The minimum absolute atomic E-state index is 0. The lowest BCUT2D eigenvalue weighted by Gasteiger charge is -2.22. The van der Waals surface area contributed by atoms with Crippen LogP contribution in [0.15, 0.2) is 24.3 Å². The molecule has 1 aromatic carbocycles. The van der Waals surface area contributed by atoms with Crippen molar-refractivity contribution in [2.75, 3.05) is 26.7 Å². The van der Waals surface area contributed by atoms with E-state index in [1.54, 1.807) is 7.11 Å². The molecule has 2 N–H and O–H groups in total. The number of aryl methyl sites for hydroxylation is 1. The molecule has 1 aromatic heterocycles. The molecule has 136 valence electrons. The molecule has 1 amide bonds. The van der Waals surface area contributed by atoms with Gasteiger partial charge < -0.3 is 15.4 Å². The van der Waals surface area contributed by atoms with Gasteiger partial charge in [-0.05, 0) is 63.4 Å². The summed E-state index contributed by atoms with van der Waals surface area (Å²) < 4.78 is 5.23. The van der Waals surface area contributed by atoms with Gasteiger partial charge in [0.2, 0.25) is 0 Å². The number of fused-ring (bicyclic) bond motifs is 1. The molecule has 1 aliphatic rings. The van der Waals surface area contributed by atoms with Crippen molar-refractivity contribution >= 4 is 29.2 Å². The Labute approximate surface area is 155 Å². The highest BCUT2D eigenvalue weighted by molar-refractivity contribution is 5.98. The highest BCUT2D eigenvalue weighted by atomic mass is 35.5. The van der Waals surface area contributed by atoms with Crippen molar-refractivity contribution in [2.45, 2.75) is 26.2 Å². The SMILES string of the molecule is COc1ccc2cc(C(=O)NCCC3CCCNC3)c(C)nc2c1.Cl. The molecule has 1 atom stereocenters. The third-order valence-electron chi connectivity index (χ3n) is 4.70. The van der Waals surface area contributed by atoms with Crippen molar-refractivity contribution in [3.63, 3.8) is 0 Å². The van der Waals surface area contributed by atoms with E-state index in [2.05, 4.69) is 15.6 Å². The maximum Gasteiger partial charge on any atom is 0.253 e. The lowest BCUT2D eigenvalue weighted by molar-refractivity contribution is 0.0950. The highest BCUT2D eigenvalue weighted by Crippen LogP contribution is 2.21. The Morgan fingerprint density at radius 3 is 2.96 bits per heavy atom. The number of amides is 1. The average Bonchev–Trinajstić information content (AvgIpc) is 2.61. The second-order valence-corrected chi connectivity index (χ2v) is 6.44. The Hall–Kier alpha value is -1.85. The summed E-state index contributed by atoms with van der Waals surface area (Å²) in [7, 11) is 1.64. The number of hydrogen-bond acceptors (Lipinski definition) is 4. The molecule has 0 aliphatic carbocycles. The molecule has 5 nitrogen and oxygen atoms in total. The van der Waals surface area contributed by atoms with Crippen LogP contribution in [0.3, 0.4) is 0 Å². The second kappa shape index (κ2) is 9.02. The number of aromatic nitrogens is 1. The lowest BCUT2D eigenvalue weighted by Crippen LogP contribution is -2.33. The number of halogens is 1. The van der Waals surface area contributed by atoms with Crippen LogP contribution in [0, 0.1) is 12.8 Å². The number of nitrogens with zero attached hydrogens (tertiary/aromatic N) is 1. The minimum Gasteiger partial charge on any atom is -0.497 e. The lowest BCUT2D eigenvalue weighted by atomic mass is 9.96. The number of hydrogen-bond donors (Lipinski definition) is 2. The molecule has 0 radical (unpaired) electrons. The first-order valence-corrected chi connectivity index (χ1v) is 8.61. The first kappa shape index (κ1) is 19.5. The molecule has 0 spiro atoms. The van der Waals surface area contributed by atoms with Crippen LogP contribution in [0.25, 0.3) is 10.9 Å². The second-order valence-electron chi connectivity index (χ2n) is 6.44. The van der Waals surface area contributed by atoms with Gasteiger partial charge in [-0.3, -0.25) is 9.78 Å². The predicted octanol–water partition coefficient (Wildman–Crippen LogP) is 3.09. The molecule has 0 saturated carbocycles. The minimum atomic E-state index is -0.0403. The van der Waals surface area contributed by atoms with Gasteiger partial charge in [-0.1, -0.05) is 0 Å². The maximum absolute atomic E-state index is 12.5. The van der Waals surface area contributed by atoms with E-state index in [1.807, 2.05) is 31.2 Å². The smallest absolute Gasteiger partial charge is 0.253 e. The Bertz CT molecular complexity index is 730. The van der Waals surface area contributed by atoms with Crippen molar-refractivity contribution in [1.29, 1.82) is 0 Å². The Balaban J connectivity index is 0.00000225. The number of rotatable bonds is 5. The predicted molar refractivity (Wildman–Crippen MR) is 103 cm³/mol. The van der Waals surface area contributed by atoms with Crippen molar-refractivity contribution in [3.05, 3.63) is 35.5 Å². The van der Waals surface area contributed by atoms with Crippen LogP contribution >= 0.6 is 12.4 Å². The van der Waals surface area contributed by atoms with Crippen molar-refractivity contribution in [3.8, 4) is 5.75 Å². The largest absolute Gasteiger partial charge is 0.497 e. The number of methoxy groups -OCH3 is 1. The Morgan fingerprint density at radius 1 is 1.40 bits per heavy atom. The summed E-state index contributed by atoms with van der Waals surface area (Å²) in [6, 6.07) is 7.62. The fourth-order valence-corrected chi connectivity index (χ4v) is 3.26. The van der Waals surface area contributed by atoms with E-state index >= 15 is 0 Å². The number of carbonyl (C=O) groups is 1. The summed E-state index contributed by atoms with van der Waals surface area (Å²) in [4.78, 5) is 17.0. The number of ether oxygens (including phenoxy) is 1. The molecule has 2 aromatic rings. The number of benzene rings is 1. The third-order valence-corrected chi connectivity index (χ3v) is 4.70. The molecule has 1 fully saturated rings. The molecule has 2 heterocycles. The molecule has 6 heteroatoms. The molecule has 25 heavy (non-hydrogen) atoms. The van der Waals surface area contributed by atoms with Gasteiger partial charge in [-0.15, -0.1) is 12.4 Å². The summed E-state index contributed by atoms with van der Waals surface area (Å²) in [5, 5.41) is 7.40. The van der Waals surface area contributed by atoms with Gasteiger partial charge in [0, 0.05) is 18.0 Å². The standard InChI is InChI=1S/C19H25N3O2.ClH/c1-13-17(10-15-5-6-16(24-2)11-18(15)22-13)19(23)21-9-7-14-4-3-8-20-12-14;/h5-6,10-11,14,20H,3-4,7-9,12H2,1-2H3,(H,21,23);1H. The van der Waals surface area contributed by atoms with Crippen molar-refractivity contribution in [2.24, 2.45) is 5.92 Å². The summed E-state index contributed by atoms with van der Waals surface area (Å²) in [6.07, 6.45) is 3.51. The average molecular weight is 364 g/mol. The fraction of sp³-hybridized carbons (Fsp3) is 0.474. The molecular weight excluding hydrogens is 338 g/mol. The van der Waals surface area contributed by atoms with E-state index in [0.29, 0.717) is 18.0 Å². The molecule has 1 aliphatic heterocycles. The zero-order valence-electron chi connectivity index (χ0n) is 14.8. The van der Waals surface area contributed by atoms with Crippen LogP contribution in [-0.2, 0) is 0 Å². The molecular formula is C19H26ClN3O2. The summed E-state index contributed by atoms with van der Waals surface area (Å²) in [5.41, 5.74) is 2.23. The highest BCUT2D eigenvalue weighted by Gasteiger charge is 2.15. The molecule has 0 bridgehead atoms. The van der Waals surface area contributed by atoms with Crippen LogP contribution in [0.2, 0.25) is 0 Å². The zero-order chi connectivity index (χ0) is 16.9. The fourth-order valence-electron chi connectivity index (χ4n) is 3.26. The Morgan fingerprint density at radius 2 is 2.24 bits per heavy atom. The number of carbonyl (C=O) groups excluding carboxylic acids is 1. The normalized spacial score (nSPS) is 17.0. The van der Waals surface area contributed by atoms with E-state index < -0.39 is 0 Å². The van der Waals surface area contributed by atoms with Gasteiger partial charge in [0.15, 0.2) is 0 Å². The van der Waals surface area contributed by atoms with Crippen LogP contribution in [0.4, 0.5) is 0 Å². The van der Waals surface area contributed by atoms with Gasteiger partial charge in [0.05, 0.1) is 23.9 Å². The number of nitrogens with one attached hydrogen (secondary N) is 2. The monoisotopic (exact) mass is 363 g/mol. The number of piperidine rings is 1. The van der Waals surface area contributed by atoms with E-state index in [-0.39, 0.29) is 18.3 Å². The van der Waals surface area contributed by atoms with E-state index in [0.717, 1.165) is 41.9 Å². The van der Waals surface area contributed by atoms with Crippen LogP contribution < -0.4 is 15.4 Å². The zero-order valence-corrected chi connectivity index (χ0v) is 15.6. The summed E-state index contributed by atoms with van der Waals surface area (Å²) >= 11 is 0. The summed E-state index contributed by atoms with van der Waals surface area (Å²) in [5.74, 6) is 1.40. The Kier molecular flexibility index (Phi) is 7.02. The van der Waals surface area contributed by atoms with Gasteiger partial charge in [-0.25, -0.2) is 0 Å². The van der Waals surface area contributed by atoms with Gasteiger partial charge >= 0.3 is 0 Å². The number of pyridine rings is 1. The van der Waals surface area contributed by atoms with E-state index in [4.69, 9.17) is 4.74 Å². The maximum atomic E-state index is 12.5. The quantitative estimate of drug-likeness (QED) is 0.856. The van der Waals surface area contributed by atoms with Crippen molar-refractivity contribution < 1.29 is 9.53 Å². The summed E-state index contributed by atoms with van der Waals surface area (Å²) in [6.45, 7) is 4.77. The first-order chi connectivity index (χ1) is 11.7. The first-order valence-electron chi connectivity index (χ1n) is 8.61.